The van der Waals surface area contributed by atoms with E-state index in [2.05, 4.69) is 33.0 Å². The van der Waals surface area contributed by atoms with Gasteiger partial charge in [-0.05, 0) is 28.3 Å². The van der Waals surface area contributed by atoms with E-state index >= 15 is 0 Å². The van der Waals surface area contributed by atoms with E-state index in [-0.39, 0.29) is 5.41 Å². The van der Waals surface area contributed by atoms with Gasteiger partial charge in [-0.2, -0.15) is 0 Å². The van der Waals surface area contributed by atoms with Crippen LogP contribution >= 0.6 is 11.3 Å². The molecule has 1 aromatic heterocycles. The number of hydrogen-bond acceptors (Lipinski definition) is 3. The summed E-state index contributed by atoms with van der Waals surface area (Å²) in [4.78, 5) is 11.4. The maximum atomic E-state index is 10.9. The minimum atomic E-state index is -0.833. The van der Waals surface area contributed by atoms with Crippen molar-refractivity contribution in [2.75, 3.05) is 6.54 Å². The Kier molecular flexibility index (Phi) is 4.71. The Bertz CT molecular complexity index is 383. The van der Waals surface area contributed by atoms with E-state index in [1.54, 1.807) is 0 Å². The van der Waals surface area contributed by atoms with E-state index in [1.165, 1.54) is 11.3 Å². The predicted octanol–water partition coefficient (Wildman–Crippen LogP) is 3.22. The third-order valence-electron chi connectivity index (χ3n) is 3.40. The standard InChI is InChI=1S/C13H21NO2S/c1-9(2)13(3,4)8-14-7-10-5-6-17-11(10)12(15)16/h5-6,9,14H,7-8H2,1-4H3,(H,15,16). The largest absolute Gasteiger partial charge is 0.477 e. The Morgan fingerprint density at radius 1 is 1.53 bits per heavy atom. The van der Waals surface area contributed by atoms with Crippen LogP contribution in [-0.2, 0) is 6.54 Å². The summed E-state index contributed by atoms with van der Waals surface area (Å²) in [6, 6.07) is 1.88. The Labute approximate surface area is 107 Å². The van der Waals surface area contributed by atoms with Crippen molar-refractivity contribution in [1.29, 1.82) is 0 Å². The predicted molar refractivity (Wildman–Crippen MR) is 71.6 cm³/mol. The summed E-state index contributed by atoms with van der Waals surface area (Å²) in [6.07, 6.45) is 0. The zero-order valence-electron chi connectivity index (χ0n) is 10.9. The Hall–Kier alpha value is -0.870. The fourth-order valence-corrected chi connectivity index (χ4v) is 2.15. The summed E-state index contributed by atoms with van der Waals surface area (Å²) in [5, 5.41) is 14.2. The van der Waals surface area contributed by atoms with Gasteiger partial charge < -0.3 is 10.4 Å². The molecule has 4 heteroatoms. The smallest absolute Gasteiger partial charge is 0.346 e. The highest BCUT2D eigenvalue weighted by Gasteiger charge is 2.22. The van der Waals surface area contributed by atoms with Gasteiger partial charge in [-0.1, -0.05) is 27.7 Å². The van der Waals surface area contributed by atoms with Gasteiger partial charge in [-0.3, -0.25) is 0 Å². The topological polar surface area (TPSA) is 49.3 Å². The summed E-state index contributed by atoms with van der Waals surface area (Å²) in [5.41, 5.74) is 1.10. The first kappa shape index (κ1) is 14.2. The first-order chi connectivity index (χ1) is 7.84. The lowest BCUT2D eigenvalue weighted by Crippen LogP contribution is -2.33. The van der Waals surface area contributed by atoms with Crippen LogP contribution in [0, 0.1) is 11.3 Å². The molecule has 3 nitrogen and oxygen atoms in total. The molecule has 0 aliphatic carbocycles. The van der Waals surface area contributed by atoms with E-state index < -0.39 is 5.97 Å². The third-order valence-corrected chi connectivity index (χ3v) is 4.34. The third kappa shape index (κ3) is 3.82. The molecular formula is C13H21NO2S. The van der Waals surface area contributed by atoms with Gasteiger partial charge in [0.05, 0.1) is 0 Å². The molecule has 0 atom stereocenters. The van der Waals surface area contributed by atoms with Crippen molar-refractivity contribution in [3.05, 3.63) is 21.9 Å². The molecule has 0 aliphatic heterocycles. The zero-order valence-corrected chi connectivity index (χ0v) is 11.7. The van der Waals surface area contributed by atoms with Crippen LogP contribution in [0.3, 0.4) is 0 Å². The molecule has 0 unspecified atom stereocenters. The number of aromatic carboxylic acids is 1. The fraction of sp³-hybridized carbons (Fsp3) is 0.615. The van der Waals surface area contributed by atoms with Crippen LogP contribution in [0.1, 0.15) is 42.9 Å². The van der Waals surface area contributed by atoms with Gasteiger partial charge in [0.25, 0.3) is 0 Å². The van der Waals surface area contributed by atoms with Crippen molar-refractivity contribution >= 4 is 17.3 Å². The molecule has 0 bridgehead atoms. The maximum absolute atomic E-state index is 10.9. The molecule has 0 aliphatic rings. The van der Waals surface area contributed by atoms with Gasteiger partial charge in [0.1, 0.15) is 4.88 Å². The highest BCUT2D eigenvalue weighted by Crippen LogP contribution is 2.25. The molecule has 96 valence electrons. The van der Waals surface area contributed by atoms with Gasteiger partial charge in [0.15, 0.2) is 0 Å². The normalized spacial score (nSPS) is 12.1. The number of rotatable bonds is 6. The number of thiophene rings is 1. The monoisotopic (exact) mass is 255 g/mol. The van der Waals surface area contributed by atoms with E-state index in [4.69, 9.17) is 5.11 Å². The molecule has 0 saturated carbocycles. The van der Waals surface area contributed by atoms with Crippen molar-refractivity contribution in [2.45, 2.75) is 34.2 Å². The van der Waals surface area contributed by atoms with Crippen molar-refractivity contribution in [3.63, 3.8) is 0 Å². The second-order valence-electron chi connectivity index (χ2n) is 5.33. The maximum Gasteiger partial charge on any atom is 0.346 e. The van der Waals surface area contributed by atoms with Gasteiger partial charge in [-0.25, -0.2) is 4.79 Å². The first-order valence-electron chi connectivity index (χ1n) is 5.85. The van der Waals surface area contributed by atoms with Crippen LogP contribution < -0.4 is 5.32 Å². The van der Waals surface area contributed by atoms with E-state index in [9.17, 15) is 4.79 Å². The number of carboxylic acid groups (broad SMARTS) is 1. The van der Waals surface area contributed by atoms with E-state index in [0.29, 0.717) is 17.3 Å². The summed E-state index contributed by atoms with van der Waals surface area (Å²) >= 11 is 1.28. The minimum Gasteiger partial charge on any atom is -0.477 e. The van der Waals surface area contributed by atoms with Crippen LogP contribution in [0.5, 0.6) is 0 Å². The number of carboxylic acids is 1. The quantitative estimate of drug-likeness (QED) is 0.820. The lowest BCUT2D eigenvalue weighted by Gasteiger charge is -2.29. The molecule has 0 saturated heterocycles. The van der Waals surface area contributed by atoms with Crippen molar-refractivity contribution in [3.8, 4) is 0 Å². The molecule has 0 amide bonds. The number of carbonyl (C=O) groups is 1. The highest BCUT2D eigenvalue weighted by molar-refractivity contribution is 7.12. The molecule has 1 heterocycles. The molecule has 2 N–H and O–H groups in total. The molecule has 17 heavy (non-hydrogen) atoms. The number of hydrogen-bond donors (Lipinski definition) is 2. The Balaban J connectivity index is 2.52. The average Bonchev–Trinajstić information content (AvgIpc) is 2.65. The fourth-order valence-electron chi connectivity index (χ4n) is 1.39. The molecule has 0 fully saturated rings. The molecule has 0 radical (unpaired) electrons. The summed E-state index contributed by atoms with van der Waals surface area (Å²) < 4.78 is 0. The SMILES string of the molecule is CC(C)C(C)(C)CNCc1ccsc1C(=O)O. The Morgan fingerprint density at radius 2 is 2.18 bits per heavy atom. The van der Waals surface area contributed by atoms with Crippen molar-refractivity contribution < 1.29 is 9.90 Å². The van der Waals surface area contributed by atoms with Crippen molar-refractivity contribution in [2.24, 2.45) is 11.3 Å². The van der Waals surface area contributed by atoms with Crippen LogP contribution in [0.25, 0.3) is 0 Å². The lowest BCUT2D eigenvalue weighted by atomic mass is 9.81. The van der Waals surface area contributed by atoms with Gasteiger partial charge in [0, 0.05) is 13.1 Å². The first-order valence-corrected chi connectivity index (χ1v) is 6.73. The van der Waals surface area contributed by atoms with Crippen LogP contribution in [0.15, 0.2) is 11.4 Å². The van der Waals surface area contributed by atoms with Crippen LogP contribution in [0.2, 0.25) is 0 Å². The van der Waals surface area contributed by atoms with Crippen LogP contribution in [0.4, 0.5) is 0 Å². The summed E-state index contributed by atoms with van der Waals surface area (Å²) in [7, 11) is 0. The van der Waals surface area contributed by atoms with Crippen LogP contribution in [-0.4, -0.2) is 17.6 Å². The van der Waals surface area contributed by atoms with Gasteiger partial charge in [-0.15, -0.1) is 11.3 Å². The average molecular weight is 255 g/mol. The number of nitrogens with one attached hydrogen (secondary N) is 1. The lowest BCUT2D eigenvalue weighted by molar-refractivity contribution is 0.0701. The van der Waals surface area contributed by atoms with E-state index in [1.807, 2.05) is 11.4 Å². The zero-order chi connectivity index (χ0) is 13.1. The minimum absolute atomic E-state index is 0.222. The van der Waals surface area contributed by atoms with Gasteiger partial charge >= 0.3 is 5.97 Å². The summed E-state index contributed by atoms with van der Waals surface area (Å²) in [6.45, 7) is 10.4. The van der Waals surface area contributed by atoms with Gasteiger partial charge in [0.2, 0.25) is 0 Å². The van der Waals surface area contributed by atoms with E-state index in [0.717, 1.165) is 12.1 Å². The second-order valence-corrected chi connectivity index (χ2v) is 6.24. The summed E-state index contributed by atoms with van der Waals surface area (Å²) in [5.74, 6) is -0.240. The highest BCUT2D eigenvalue weighted by atomic mass is 32.1. The molecular weight excluding hydrogens is 234 g/mol. The molecule has 0 spiro atoms. The van der Waals surface area contributed by atoms with Crippen molar-refractivity contribution in [1.82, 2.24) is 5.32 Å². The molecule has 1 aromatic rings. The second kappa shape index (κ2) is 5.65. The Morgan fingerprint density at radius 3 is 2.71 bits per heavy atom. The molecule has 0 aromatic carbocycles. The molecule has 1 rings (SSSR count).